The minimum absolute atomic E-state index is 0.00719. The highest BCUT2D eigenvalue weighted by molar-refractivity contribution is 7.68. The average Bonchev–Trinajstić information content (AvgIpc) is 3.56. The Bertz CT molecular complexity index is 1780. The molecule has 0 fully saturated rings. The van der Waals surface area contributed by atoms with E-state index in [0.29, 0.717) is 8.58 Å². The van der Waals surface area contributed by atoms with Crippen LogP contribution in [0, 0.1) is 0 Å². The lowest BCUT2D eigenvalue weighted by Crippen LogP contribution is -2.33. The summed E-state index contributed by atoms with van der Waals surface area (Å²) in [6, 6.07) is 24.2. The fraction of sp³-hybridized carbons (Fsp3) is 0.333. The summed E-state index contributed by atoms with van der Waals surface area (Å²) in [5, 5.41) is 4.85. The van der Waals surface area contributed by atoms with E-state index in [4.69, 9.17) is 4.74 Å². The van der Waals surface area contributed by atoms with Crippen molar-refractivity contribution in [1.82, 2.24) is 9.24 Å². The molecular weight excluding hydrogens is 646 g/mol. The number of rotatable bonds is 8. The molecule has 3 nitrogen and oxygen atoms in total. The Balaban J connectivity index is 0.000000752. The smallest absolute Gasteiger partial charge is 0.141 e. The van der Waals surface area contributed by atoms with Crippen LogP contribution in [0.15, 0.2) is 129 Å². The van der Waals surface area contributed by atoms with Gasteiger partial charge in [-0.05, 0) is 63.8 Å². The van der Waals surface area contributed by atoms with E-state index in [0.717, 1.165) is 22.1 Å². The molecule has 0 amide bonds. The number of nitrogens with zero attached hydrogens (tertiary/aromatic N) is 2. The van der Waals surface area contributed by atoms with Gasteiger partial charge in [0.25, 0.3) is 0 Å². The lowest BCUT2D eigenvalue weighted by molar-refractivity contribution is 0.421. The van der Waals surface area contributed by atoms with Crippen LogP contribution in [0.1, 0.15) is 98.4 Å². The molecule has 0 bridgehead atoms. The van der Waals surface area contributed by atoms with Crippen molar-refractivity contribution in [1.29, 1.82) is 0 Å². The van der Waals surface area contributed by atoms with Gasteiger partial charge in [0.15, 0.2) is 0 Å². The first-order valence-corrected chi connectivity index (χ1v) is 19.9. The van der Waals surface area contributed by atoms with Crippen molar-refractivity contribution in [3.63, 3.8) is 0 Å². The molecule has 5 heteroatoms. The first-order valence-electron chi connectivity index (χ1n) is 17.6. The number of ether oxygens (including phenoxy) is 1. The SMILES string of the molecule is C=C/C(=C\C)P(c1cc(C(C)(C)C)cc2c1Oc1c(Pc3ccccc3)cc(C(C)(C)C)cc1C2(C)C)N(C=C)C=C.CC.Cn1cccc1. The van der Waals surface area contributed by atoms with Crippen molar-refractivity contribution in [2.75, 3.05) is 0 Å². The monoisotopic (exact) mass is 706 g/mol. The lowest BCUT2D eigenvalue weighted by Gasteiger charge is -2.41. The number of allylic oxidation sites excluding steroid dienone is 3. The molecule has 0 spiro atoms. The van der Waals surface area contributed by atoms with E-state index >= 15 is 0 Å². The second kappa shape index (κ2) is 17.0. The Morgan fingerprint density at radius 3 is 1.76 bits per heavy atom. The predicted molar refractivity (Wildman–Crippen MR) is 226 cm³/mol. The zero-order valence-electron chi connectivity index (χ0n) is 32.7. The van der Waals surface area contributed by atoms with E-state index in [-0.39, 0.29) is 16.2 Å². The predicted octanol–water partition coefficient (Wildman–Crippen LogP) is 12.1. The van der Waals surface area contributed by atoms with Crippen LogP contribution in [0.3, 0.4) is 0 Å². The lowest BCUT2D eigenvalue weighted by atomic mass is 9.72. The molecule has 3 aromatic carbocycles. The molecule has 2 heterocycles. The third-order valence-corrected chi connectivity index (χ3v) is 12.6. The van der Waals surface area contributed by atoms with Crippen LogP contribution in [-0.4, -0.2) is 9.24 Å². The maximum Gasteiger partial charge on any atom is 0.141 e. The van der Waals surface area contributed by atoms with Gasteiger partial charge in [0.05, 0.1) is 8.07 Å². The summed E-state index contributed by atoms with van der Waals surface area (Å²) in [4.78, 5) is 0. The Morgan fingerprint density at radius 2 is 1.32 bits per heavy atom. The quantitative estimate of drug-likeness (QED) is 0.134. The molecule has 4 aromatic rings. The van der Waals surface area contributed by atoms with Gasteiger partial charge in [0.1, 0.15) is 11.5 Å². The van der Waals surface area contributed by atoms with Gasteiger partial charge in [-0.1, -0.05) is 152 Å². The van der Waals surface area contributed by atoms with E-state index in [2.05, 4.69) is 147 Å². The molecule has 1 aliphatic heterocycles. The standard InChI is InChI=1S/C38H47NOP2.C5H7N.C2H6/c1-13-29(14-2)42(39(15-3)16-4)33-25-27(37(8,9)10)23-31-35(33)40-34-30(38(31,11)12)22-26(36(5,6)7)24-32(34)41-28-20-18-17-19-21-28;1-6-4-2-3-5-6;1-2/h13-25,41H,1,3-4H2,2,5-12H3;2-5H,1H3;1-2H3/b29-14+;;. The van der Waals surface area contributed by atoms with Gasteiger partial charge in [-0.2, -0.15) is 0 Å². The maximum atomic E-state index is 7.21. The molecule has 0 radical (unpaired) electrons. The zero-order chi connectivity index (χ0) is 37.4. The Hall–Kier alpha value is -3.64. The molecule has 0 saturated heterocycles. The van der Waals surface area contributed by atoms with E-state index in [9.17, 15) is 0 Å². The normalized spacial score (nSPS) is 14.1. The van der Waals surface area contributed by atoms with Crippen LogP contribution in [0.2, 0.25) is 0 Å². The Kier molecular flexibility index (Phi) is 13.9. The Labute approximate surface area is 307 Å². The van der Waals surface area contributed by atoms with Crippen LogP contribution in [0.4, 0.5) is 0 Å². The minimum atomic E-state index is -1.06. The maximum absolute atomic E-state index is 7.21. The zero-order valence-corrected chi connectivity index (χ0v) is 34.6. The van der Waals surface area contributed by atoms with Crippen molar-refractivity contribution >= 4 is 32.6 Å². The summed E-state index contributed by atoms with van der Waals surface area (Å²) in [5.41, 5.74) is 4.77. The highest BCUT2D eigenvalue weighted by Crippen LogP contribution is 2.56. The van der Waals surface area contributed by atoms with E-state index in [1.807, 2.05) is 68.5 Å². The summed E-state index contributed by atoms with van der Waals surface area (Å²) < 4.78 is 11.3. The molecule has 50 heavy (non-hydrogen) atoms. The van der Waals surface area contributed by atoms with Gasteiger partial charge in [-0.15, -0.1) is 0 Å². The third-order valence-electron chi connectivity index (χ3n) is 8.83. The van der Waals surface area contributed by atoms with Crippen molar-refractivity contribution in [2.24, 2.45) is 7.05 Å². The van der Waals surface area contributed by atoms with Gasteiger partial charge in [-0.25, -0.2) is 0 Å². The van der Waals surface area contributed by atoms with Gasteiger partial charge in [0, 0.05) is 59.0 Å². The van der Waals surface area contributed by atoms with Crippen LogP contribution >= 0.6 is 16.7 Å². The molecule has 5 rings (SSSR count). The van der Waals surface area contributed by atoms with Gasteiger partial charge in [-0.3, -0.25) is 0 Å². The summed E-state index contributed by atoms with van der Waals surface area (Å²) >= 11 is 0. The number of hydrogen-bond donors (Lipinski definition) is 0. The molecule has 1 aliphatic rings. The van der Waals surface area contributed by atoms with Gasteiger partial charge in [0.2, 0.25) is 0 Å². The summed E-state index contributed by atoms with van der Waals surface area (Å²) in [7, 11) is 1.43. The number of aromatic nitrogens is 1. The summed E-state index contributed by atoms with van der Waals surface area (Å²) in [5.74, 6) is 1.94. The second-order valence-electron chi connectivity index (χ2n) is 14.8. The number of aryl methyl sites for hydroxylation is 1. The van der Waals surface area contributed by atoms with Crippen molar-refractivity contribution in [2.45, 2.75) is 92.4 Å². The Morgan fingerprint density at radius 1 is 0.800 bits per heavy atom. The van der Waals surface area contributed by atoms with E-state index in [1.165, 1.54) is 32.9 Å². The third kappa shape index (κ3) is 9.17. The average molecular weight is 707 g/mol. The molecule has 2 unspecified atom stereocenters. The molecule has 266 valence electrons. The molecule has 2 atom stereocenters. The van der Waals surface area contributed by atoms with Crippen molar-refractivity contribution < 1.29 is 4.74 Å². The van der Waals surface area contributed by atoms with E-state index in [1.54, 1.807) is 0 Å². The van der Waals surface area contributed by atoms with Crippen LogP contribution < -0.4 is 20.7 Å². The minimum Gasteiger partial charge on any atom is -0.455 e. The molecule has 0 N–H and O–H groups in total. The topological polar surface area (TPSA) is 17.4 Å². The number of benzene rings is 3. The summed E-state index contributed by atoms with van der Waals surface area (Å²) in [6.07, 6.45) is 11.8. The molecule has 0 saturated carbocycles. The second-order valence-corrected chi connectivity index (χ2v) is 18.3. The summed E-state index contributed by atoms with van der Waals surface area (Å²) in [6.45, 7) is 37.0. The van der Waals surface area contributed by atoms with Gasteiger partial charge < -0.3 is 14.0 Å². The number of hydrogen-bond acceptors (Lipinski definition) is 2. The molecular formula is C45H60N2OP2. The van der Waals surface area contributed by atoms with Crippen molar-refractivity contribution in [3.8, 4) is 11.5 Å². The van der Waals surface area contributed by atoms with Gasteiger partial charge >= 0.3 is 0 Å². The largest absolute Gasteiger partial charge is 0.455 e. The van der Waals surface area contributed by atoms with Crippen LogP contribution in [0.25, 0.3) is 0 Å². The highest BCUT2D eigenvalue weighted by Gasteiger charge is 2.41. The van der Waals surface area contributed by atoms with Crippen LogP contribution in [-0.2, 0) is 23.3 Å². The first-order chi connectivity index (χ1) is 23.6. The highest BCUT2D eigenvalue weighted by atomic mass is 31.1. The molecule has 0 aliphatic carbocycles. The van der Waals surface area contributed by atoms with Crippen LogP contribution in [0.5, 0.6) is 11.5 Å². The molecule has 1 aromatic heterocycles. The van der Waals surface area contributed by atoms with E-state index < -0.39 is 8.07 Å². The first kappa shape index (κ1) is 40.8. The number of fused-ring (bicyclic) bond motifs is 2. The fourth-order valence-electron chi connectivity index (χ4n) is 5.81. The fourth-order valence-corrected chi connectivity index (χ4v) is 9.16. The van der Waals surface area contributed by atoms with Crippen molar-refractivity contribution in [3.05, 3.63) is 151 Å².